The number of carbonyl (C=O) groups is 5. The predicted molar refractivity (Wildman–Crippen MR) is 154 cm³/mol. The summed E-state index contributed by atoms with van der Waals surface area (Å²) in [4.78, 5) is 70.2. The summed E-state index contributed by atoms with van der Waals surface area (Å²) in [6.45, 7) is 7.27. The molecule has 1 unspecified atom stereocenters. The lowest BCUT2D eigenvalue weighted by Gasteiger charge is -2.25. The summed E-state index contributed by atoms with van der Waals surface area (Å²) in [5, 5.41) is 5.24. The molecule has 226 valence electrons. The number of benzene rings is 1. The quantitative estimate of drug-likeness (QED) is 0.342. The SMILES string of the molecule is CC(C)C[C@H](NC(=O)OCc1ccncc1)C(=O)C1CN(C(=O)[C@H](CC(C)C)NC(=O)OCc2ccccc2)CC1=O. The summed E-state index contributed by atoms with van der Waals surface area (Å²) >= 11 is 0. The Labute approximate surface area is 246 Å². The Balaban J connectivity index is 1.62. The lowest BCUT2D eigenvalue weighted by Crippen LogP contribution is -2.49. The Morgan fingerprint density at radius 3 is 1.93 bits per heavy atom. The number of likely N-dealkylation sites (tertiary alicyclic amines) is 1. The lowest BCUT2D eigenvalue weighted by molar-refractivity contribution is -0.134. The Kier molecular flexibility index (Phi) is 12.0. The highest BCUT2D eigenvalue weighted by atomic mass is 16.6. The summed E-state index contributed by atoms with van der Waals surface area (Å²) in [5.41, 5.74) is 1.54. The molecule has 0 saturated carbocycles. The third-order valence-electron chi connectivity index (χ3n) is 6.77. The fourth-order valence-corrected chi connectivity index (χ4v) is 4.69. The van der Waals surface area contributed by atoms with Gasteiger partial charge in [-0.2, -0.15) is 0 Å². The second-order valence-corrected chi connectivity index (χ2v) is 11.3. The molecule has 3 amide bonds. The first-order chi connectivity index (χ1) is 20.0. The van der Waals surface area contributed by atoms with E-state index in [1.165, 1.54) is 4.90 Å². The van der Waals surface area contributed by atoms with Crippen molar-refractivity contribution in [3.05, 3.63) is 66.0 Å². The van der Waals surface area contributed by atoms with Crippen LogP contribution in [0.3, 0.4) is 0 Å². The number of alkyl carbamates (subject to hydrolysis) is 2. The van der Waals surface area contributed by atoms with Crippen LogP contribution in [0.25, 0.3) is 0 Å². The number of nitrogens with zero attached hydrogens (tertiary/aromatic N) is 2. The fourth-order valence-electron chi connectivity index (χ4n) is 4.69. The minimum atomic E-state index is -1.09. The Bertz CT molecular complexity index is 1220. The van der Waals surface area contributed by atoms with Crippen molar-refractivity contribution in [2.24, 2.45) is 17.8 Å². The third-order valence-corrected chi connectivity index (χ3v) is 6.77. The van der Waals surface area contributed by atoms with Crippen LogP contribution in [0.15, 0.2) is 54.9 Å². The van der Waals surface area contributed by atoms with Gasteiger partial charge < -0.3 is 25.0 Å². The minimum absolute atomic E-state index is 0.000393. The van der Waals surface area contributed by atoms with Crippen molar-refractivity contribution in [3.8, 4) is 0 Å². The number of aromatic nitrogens is 1. The van der Waals surface area contributed by atoms with E-state index in [0.29, 0.717) is 12.8 Å². The van der Waals surface area contributed by atoms with Gasteiger partial charge in [0.1, 0.15) is 19.3 Å². The summed E-state index contributed by atoms with van der Waals surface area (Å²) in [5.74, 6) is -2.35. The molecule has 1 fully saturated rings. The molecule has 1 aliphatic heterocycles. The average Bonchev–Trinajstić information content (AvgIpc) is 3.35. The number of hydrogen-bond donors (Lipinski definition) is 2. The maximum absolute atomic E-state index is 13.5. The number of pyridine rings is 1. The number of rotatable bonds is 13. The van der Waals surface area contributed by atoms with E-state index >= 15 is 0 Å². The number of ketones is 2. The second-order valence-electron chi connectivity index (χ2n) is 11.3. The molecule has 0 bridgehead atoms. The number of hydrogen-bond acceptors (Lipinski definition) is 8. The van der Waals surface area contributed by atoms with Gasteiger partial charge >= 0.3 is 12.2 Å². The molecule has 0 spiro atoms. The van der Waals surface area contributed by atoms with Crippen LogP contribution in [0.1, 0.15) is 51.7 Å². The van der Waals surface area contributed by atoms with E-state index in [1.807, 2.05) is 58.0 Å². The van der Waals surface area contributed by atoms with Crippen LogP contribution < -0.4 is 10.6 Å². The Morgan fingerprint density at radius 2 is 1.36 bits per heavy atom. The molecule has 42 heavy (non-hydrogen) atoms. The van der Waals surface area contributed by atoms with Crippen molar-refractivity contribution in [1.29, 1.82) is 0 Å². The number of carbonyl (C=O) groups excluding carboxylic acids is 5. The highest BCUT2D eigenvalue weighted by molar-refractivity contribution is 6.09. The van der Waals surface area contributed by atoms with Crippen LogP contribution in [0.2, 0.25) is 0 Å². The molecule has 0 radical (unpaired) electrons. The molecular formula is C31H40N4O7. The van der Waals surface area contributed by atoms with Crippen LogP contribution in [0, 0.1) is 17.8 Å². The molecule has 0 aliphatic carbocycles. The van der Waals surface area contributed by atoms with Gasteiger partial charge in [-0.3, -0.25) is 19.4 Å². The largest absolute Gasteiger partial charge is 0.445 e. The first-order valence-corrected chi connectivity index (χ1v) is 14.2. The van der Waals surface area contributed by atoms with Crippen LogP contribution in [-0.4, -0.2) is 64.7 Å². The Hall–Kier alpha value is -4.28. The van der Waals surface area contributed by atoms with Crippen molar-refractivity contribution in [2.75, 3.05) is 13.1 Å². The topological polar surface area (TPSA) is 144 Å². The maximum atomic E-state index is 13.5. The summed E-state index contributed by atoms with van der Waals surface area (Å²) in [6.07, 6.45) is 2.25. The molecule has 3 atom stereocenters. The first kappa shape index (κ1) is 32.2. The molecule has 1 aromatic carbocycles. The van der Waals surface area contributed by atoms with Gasteiger partial charge in [-0.15, -0.1) is 0 Å². The van der Waals surface area contributed by atoms with Gasteiger partial charge in [-0.05, 0) is 47.9 Å². The number of nitrogens with one attached hydrogen (secondary N) is 2. The van der Waals surface area contributed by atoms with Crippen LogP contribution in [0.5, 0.6) is 0 Å². The van der Waals surface area contributed by atoms with Gasteiger partial charge in [0.15, 0.2) is 11.6 Å². The van der Waals surface area contributed by atoms with E-state index in [-0.39, 0.29) is 38.1 Å². The zero-order valence-corrected chi connectivity index (χ0v) is 24.6. The zero-order chi connectivity index (χ0) is 30.6. The van der Waals surface area contributed by atoms with Crippen molar-refractivity contribution in [3.63, 3.8) is 0 Å². The van der Waals surface area contributed by atoms with E-state index in [0.717, 1.165) is 11.1 Å². The number of amides is 3. The molecule has 11 nitrogen and oxygen atoms in total. The van der Waals surface area contributed by atoms with Gasteiger partial charge in [-0.1, -0.05) is 58.0 Å². The first-order valence-electron chi connectivity index (χ1n) is 14.2. The van der Waals surface area contributed by atoms with Crippen molar-refractivity contribution < 1.29 is 33.4 Å². The van der Waals surface area contributed by atoms with E-state index in [4.69, 9.17) is 9.47 Å². The van der Waals surface area contributed by atoms with Crippen molar-refractivity contribution in [2.45, 2.75) is 65.8 Å². The standard InChI is InChI=1S/C31H40N4O7/c1-20(2)14-25(33-30(39)42-19-23-10-12-32-13-11-23)28(37)24-16-35(17-27(24)36)29(38)26(15-21(3)4)34-31(40)41-18-22-8-6-5-7-9-22/h5-13,20-21,24-26H,14-19H2,1-4H3,(H,33,39)(H,34,40)/t24?,25-,26-/m0/s1. The van der Waals surface area contributed by atoms with Crippen molar-refractivity contribution in [1.82, 2.24) is 20.5 Å². The smallest absolute Gasteiger partial charge is 0.408 e. The molecule has 11 heteroatoms. The highest BCUT2D eigenvalue weighted by Gasteiger charge is 2.43. The van der Waals surface area contributed by atoms with Gasteiger partial charge in [0, 0.05) is 18.9 Å². The molecular weight excluding hydrogens is 540 g/mol. The van der Waals surface area contributed by atoms with Crippen LogP contribution >= 0.6 is 0 Å². The van der Waals surface area contributed by atoms with E-state index in [9.17, 15) is 24.0 Å². The van der Waals surface area contributed by atoms with Crippen LogP contribution in [0.4, 0.5) is 9.59 Å². The molecule has 2 aromatic rings. The molecule has 1 saturated heterocycles. The van der Waals surface area contributed by atoms with E-state index < -0.39 is 47.7 Å². The number of Topliss-reactive ketones (excluding diaryl/α,β-unsaturated/α-hetero) is 2. The average molecular weight is 581 g/mol. The second kappa shape index (κ2) is 15.6. The maximum Gasteiger partial charge on any atom is 0.408 e. The lowest BCUT2D eigenvalue weighted by atomic mass is 9.91. The van der Waals surface area contributed by atoms with Crippen LogP contribution in [-0.2, 0) is 37.1 Å². The molecule has 2 heterocycles. The normalized spacial score (nSPS) is 16.2. The monoisotopic (exact) mass is 580 g/mol. The summed E-state index contributed by atoms with van der Waals surface area (Å²) in [6, 6.07) is 10.7. The zero-order valence-electron chi connectivity index (χ0n) is 24.6. The number of ether oxygens (including phenoxy) is 2. The Morgan fingerprint density at radius 1 is 0.833 bits per heavy atom. The molecule has 1 aromatic heterocycles. The van der Waals surface area contributed by atoms with E-state index in [1.54, 1.807) is 24.5 Å². The van der Waals surface area contributed by atoms with Gasteiger partial charge in [0.05, 0.1) is 18.5 Å². The third kappa shape index (κ3) is 9.97. The van der Waals surface area contributed by atoms with Gasteiger partial charge in [0.25, 0.3) is 0 Å². The highest BCUT2D eigenvalue weighted by Crippen LogP contribution is 2.21. The minimum Gasteiger partial charge on any atom is -0.445 e. The van der Waals surface area contributed by atoms with Gasteiger partial charge in [0.2, 0.25) is 5.91 Å². The van der Waals surface area contributed by atoms with Crippen molar-refractivity contribution >= 4 is 29.7 Å². The molecule has 2 N–H and O–H groups in total. The fraction of sp³-hybridized carbons (Fsp3) is 0.484. The summed E-state index contributed by atoms with van der Waals surface area (Å²) in [7, 11) is 0. The van der Waals surface area contributed by atoms with E-state index in [2.05, 4.69) is 15.6 Å². The predicted octanol–water partition coefficient (Wildman–Crippen LogP) is 3.66. The summed E-state index contributed by atoms with van der Waals surface area (Å²) < 4.78 is 10.6. The van der Waals surface area contributed by atoms with Gasteiger partial charge in [-0.25, -0.2) is 9.59 Å². The molecule has 3 rings (SSSR count). The molecule has 1 aliphatic rings.